The van der Waals surface area contributed by atoms with E-state index in [0.717, 1.165) is 17.6 Å². The molecule has 0 heterocycles. The van der Waals surface area contributed by atoms with Crippen molar-refractivity contribution in [3.8, 4) is 0 Å². The van der Waals surface area contributed by atoms with Crippen LogP contribution in [0.2, 0.25) is 0 Å². The minimum absolute atomic E-state index is 0.208. The number of ketones is 1. The Labute approximate surface area is 115 Å². The summed E-state index contributed by atoms with van der Waals surface area (Å²) < 4.78 is 0. The first-order valence-electron chi connectivity index (χ1n) is 6.82. The van der Waals surface area contributed by atoms with Gasteiger partial charge >= 0.3 is 0 Å². The predicted molar refractivity (Wildman–Crippen MR) is 79.9 cm³/mol. The van der Waals surface area contributed by atoms with Gasteiger partial charge in [0.1, 0.15) is 0 Å². The fraction of sp³-hybridized carbons (Fsp3) is 0.278. The summed E-state index contributed by atoms with van der Waals surface area (Å²) >= 11 is 0. The number of benzene rings is 1. The maximum absolute atomic E-state index is 12.3. The van der Waals surface area contributed by atoms with Gasteiger partial charge in [-0.1, -0.05) is 55.5 Å². The second kappa shape index (κ2) is 6.33. The van der Waals surface area contributed by atoms with Crippen molar-refractivity contribution in [3.63, 3.8) is 0 Å². The highest BCUT2D eigenvalue weighted by atomic mass is 16.1. The van der Waals surface area contributed by atoms with Gasteiger partial charge in [0.15, 0.2) is 5.78 Å². The summed E-state index contributed by atoms with van der Waals surface area (Å²) in [6.45, 7) is 4.21. The second-order valence-corrected chi connectivity index (χ2v) is 5.03. The van der Waals surface area contributed by atoms with Crippen LogP contribution in [0, 0.1) is 5.92 Å². The number of rotatable bonds is 4. The third kappa shape index (κ3) is 3.54. The lowest BCUT2D eigenvalue weighted by Crippen LogP contribution is -2.10. The van der Waals surface area contributed by atoms with Gasteiger partial charge < -0.3 is 0 Å². The highest BCUT2D eigenvalue weighted by molar-refractivity contribution is 5.99. The maximum Gasteiger partial charge on any atom is 0.166 e. The van der Waals surface area contributed by atoms with Crippen LogP contribution < -0.4 is 0 Å². The van der Waals surface area contributed by atoms with Gasteiger partial charge in [-0.15, -0.1) is 0 Å². The van der Waals surface area contributed by atoms with Crippen molar-refractivity contribution < 1.29 is 4.79 Å². The molecule has 1 unspecified atom stereocenters. The summed E-state index contributed by atoms with van der Waals surface area (Å²) in [7, 11) is 0. The van der Waals surface area contributed by atoms with Crippen LogP contribution in [0.1, 0.15) is 25.8 Å². The summed E-state index contributed by atoms with van der Waals surface area (Å²) in [6.07, 6.45) is 9.69. The van der Waals surface area contributed by atoms with Gasteiger partial charge in [0.25, 0.3) is 0 Å². The molecule has 0 N–H and O–H groups in total. The molecule has 0 spiro atoms. The van der Waals surface area contributed by atoms with Crippen LogP contribution >= 0.6 is 0 Å². The Hall–Kier alpha value is -1.89. The predicted octanol–water partition coefficient (Wildman–Crippen LogP) is 4.27. The molecule has 1 aliphatic carbocycles. The van der Waals surface area contributed by atoms with Crippen LogP contribution in [-0.4, -0.2) is 5.78 Å². The van der Waals surface area contributed by atoms with E-state index in [9.17, 15) is 4.79 Å². The first-order chi connectivity index (χ1) is 9.20. The van der Waals surface area contributed by atoms with Crippen molar-refractivity contribution >= 4 is 5.78 Å². The largest absolute Gasteiger partial charge is 0.294 e. The molecule has 0 radical (unpaired) electrons. The summed E-state index contributed by atoms with van der Waals surface area (Å²) in [5.41, 5.74) is 3.18. The minimum atomic E-state index is 0.208. The van der Waals surface area contributed by atoms with Crippen LogP contribution in [-0.2, 0) is 11.2 Å². The molecule has 1 nitrogen and oxygen atoms in total. The topological polar surface area (TPSA) is 17.1 Å². The molecule has 0 aromatic heterocycles. The number of hydrogen-bond acceptors (Lipinski definition) is 1. The molecular formula is C18H20O. The van der Waals surface area contributed by atoms with E-state index in [2.05, 4.69) is 19.1 Å². The molecule has 1 aliphatic rings. The Morgan fingerprint density at radius 1 is 1.32 bits per heavy atom. The monoisotopic (exact) mass is 252 g/mol. The number of Topliss-reactive ketones (excluding diaryl/α,β-unsaturated/α-hetero) is 1. The quantitative estimate of drug-likeness (QED) is 0.782. The highest BCUT2D eigenvalue weighted by Gasteiger charge is 2.16. The summed E-state index contributed by atoms with van der Waals surface area (Å²) in [5.74, 6) is 0.713. The van der Waals surface area contributed by atoms with Gasteiger partial charge in [-0.05, 0) is 36.5 Å². The zero-order chi connectivity index (χ0) is 13.7. The molecule has 0 saturated carbocycles. The van der Waals surface area contributed by atoms with Crippen LogP contribution in [0.15, 0.2) is 65.8 Å². The van der Waals surface area contributed by atoms with Gasteiger partial charge in [0.05, 0.1) is 0 Å². The molecule has 1 aromatic carbocycles. The SMILES string of the molecule is CC=CC1=CC(C(=O)Cc2ccccc2)=CCC1C. The van der Waals surface area contributed by atoms with Crippen molar-refractivity contribution in [2.45, 2.75) is 26.7 Å². The first-order valence-corrected chi connectivity index (χ1v) is 6.82. The zero-order valence-electron chi connectivity index (χ0n) is 11.6. The van der Waals surface area contributed by atoms with Crippen LogP contribution in [0.25, 0.3) is 0 Å². The van der Waals surface area contributed by atoms with Crippen LogP contribution in [0.4, 0.5) is 0 Å². The van der Waals surface area contributed by atoms with E-state index in [0.29, 0.717) is 12.3 Å². The summed E-state index contributed by atoms with van der Waals surface area (Å²) in [5, 5.41) is 0. The molecule has 2 rings (SSSR count). The molecule has 0 amide bonds. The molecular weight excluding hydrogens is 232 g/mol. The third-order valence-electron chi connectivity index (χ3n) is 3.47. The summed E-state index contributed by atoms with van der Waals surface area (Å²) in [4.78, 5) is 12.3. The molecule has 1 heteroatoms. The first kappa shape index (κ1) is 13.5. The number of allylic oxidation sites excluding steroid dienone is 6. The van der Waals surface area contributed by atoms with E-state index in [1.54, 1.807) is 0 Å². The van der Waals surface area contributed by atoms with Crippen molar-refractivity contribution in [1.82, 2.24) is 0 Å². The molecule has 0 fully saturated rings. The van der Waals surface area contributed by atoms with E-state index >= 15 is 0 Å². The van der Waals surface area contributed by atoms with Gasteiger partial charge in [0.2, 0.25) is 0 Å². The van der Waals surface area contributed by atoms with Gasteiger partial charge in [-0.25, -0.2) is 0 Å². The normalized spacial score (nSPS) is 19.2. The van der Waals surface area contributed by atoms with E-state index < -0.39 is 0 Å². The van der Waals surface area contributed by atoms with Crippen molar-refractivity contribution in [2.24, 2.45) is 5.92 Å². The lowest BCUT2D eigenvalue weighted by Gasteiger charge is -2.17. The lowest BCUT2D eigenvalue weighted by molar-refractivity contribution is -0.114. The highest BCUT2D eigenvalue weighted by Crippen LogP contribution is 2.25. The molecule has 0 saturated heterocycles. The Balaban J connectivity index is 2.12. The standard InChI is InChI=1S/C18H20O/c1-3-7-16-13-17(11-10-14(16)2)18(19)12-15-8-5-4-6-9-15/h3-9,11,13-14H,10,12H2,1-2H3. The Bertz CT molecular complexity index is 532. The van der Waals surface area contributed by atoms with Gasteiger partial charge in [-0.3, -0.25) is 4.79 Å². The van der Waals surface area contributed by atoms with E-state index in [1.807, 2.05) is 49.4 Å². The number of carbonyl (C=O) groups excluding carboxylic acids is 1. The van der Waals surface area contributed by atoms with E-state index in [-0.39, 0.29) is 5.78 Å². The molecule has 19 heavy (non-hydrogen) atoms. The van der Waals surface area contributed by atoms with Crippen molar-refractivity contribution in [2.75, 3.05) is 0 Å². The number of carbonyl (C=O) groups is 1. The number of hydrogen-bond donors (Lipinski definition) is 0. The minimum Gasteiger partial charge on any atom is -0.294 e. The van der Waals surface area contributed by atoms with Crippen LogP contribution in [0.5, 0.6) is 0 Å². The molecule has 98 valence electrons. The maximum atomic E-state index is 12.3. The summed E-state index contributed by atoms with van der Waals surface area (Å²) in [6, 6.07) is 9.92. The zero-order valence-corrected chi connectivity index (χ0v) is 11.6. The smallest absolute Gasteiger partial charge is 0.166 e. The van der Waals surface area contributed by atoms with Crippen molar-refractivity contribution in [3.05, 3.63) is 71.3 Å². The molecule has 1 atom stereocenters. The second-order valence-electron chi connectivity index (χ2n) is 5.03. The lowest BCUT2D eigenvalue weighted by atomic mass is 9.87. The molecule has 0 aliphatic heterocycles. The van der Waals surface area contributed by atoms with Gasteiger partial charge in [-0.2, -0.15) is 0 Å². The molecule has 0 bridgehead atoms. The van der Waals surface area contributed by atoms with E-state index in [1.165, 1.54) is 5.57 Å². The van der Waals surface area contributed by atoms with Crippen molar-refractivity contribution in [1.29, 1.82) is 0 Å². The fourth-order valence-electron chi connectivity index (χ4n) is 2.30. The fourth-order valence-corrected chi connectivity index (χ4v) is 2.30. The van der Waals surface area contributed by atoms with Crippen LogP contribution in [0.3, 0.4) is 0 Å². The Kier molecular flexibility index (Phi) is 4.51. The molecule has 1 aromatic rings. The van der Waals surface area contributed by atoms with Gasteiger partial charge in [0, 0.05) is 12.0 Å². The Morgan fingerprint density at radius 2 is 2.05 bits per heavy atom. The van der Waals surface area contributed by atoms with E-state index in [4.69, 9.17) is 0 Å². The average molecular weight is 252 g/mol. The third-order valence-corrected chi connectivity index (χ3v) is 3.47. The average Bonchev–Trinajstić information content (AvgIpc) is 2.42. The Morgan fingerprint density at radius 3 is 2.74 bits per heavy atom.